The van der Waals surface area contributed by atoms with Gasteiger partial charge in [-0.05, 0) is 19.9 Å². The molecule has 19 heavy (non-hydrogen) atoms. The maximum atomic E-state index is 9.32. The summed E-state index contributed by atoms with van der Waals surface area (Å²) in [4.78, 5) is 0. The Morgan fingerprint density at radius 1 is 0.684 bits per heavy atom. The third-order valence-corrected chi connectivity index (χ3v) is 3.91. The quantitative estimate of drug-likeness (QED) is 0.324. The molecule has 0 rings (SSSR count). The number of nitrogens with one attached hydrogen (secondary N) is 1. The Balaban J connectivity index is 2.95. The molecule has 1 unspecified atom stereocenters. The van der Waals surface area contributed by atoms with Crippen LogP contribution in [0.2, 0.25) is 0 Å². The van der Waals surface area contributed by atoms with Crippen LogP contribution in [-0.4, -0.2) is 18.4 Å². The molecule has 0 saturated carbocycles. The fourth-order valence-corrected chi connectivity index (χ4v) is 2.50. The molecule has 2 nitrogen and oxygen atoms in total. The molecule has 0 bridgehead atoms. The van der Waals surface area contributed by atoms with Crippen molar-refractivity contribution in [3.63, 3.8) is 0 Å². The van der Waals surface area contributed by atoms with E-state index in [0.29, 0.717) is 0 Å². The molecule has 1 atom stereocenters. The molecule has 2 N–H and O–H groups in total. The number of aliphatic hydroxyl groups is 1. The van der Waals surface area contributed by atoms with Gasteiger partial charge in [0.1, 0.15) is 6.23 Å². The number of unbranched alkanes of at least 4 members (excludes halogenated alkanes) is 12. The lowest BCUT2D eigenvalue weighted by Crippen LogP contribution is -2.23. The van der Waals surface area contributed by atoms with Gasteiger partial charge in [-0.2, -0.15) is 0 Å². The molecule has 0 aromatic heterocycles. The minimum absolute atomic E-state index is 0.298. The van der Waals surface area contributed by atoms with Gasteiger partial charge in [-0.25, -0.2) is 0 Å². The second kappa shape index (κ2) is 16.0. The van der Waals surface area contributed by atoms with E-state index in [1.807, 2.05) is 7.05 Å². The summed E-state index contributed by atoms with van der Waals surface area (Å²) in [5.41, 5.74) is 0. The monoisotopic (exact) mass is 271 g/mol. The largest absolute Gasteiger partial charge is 0.379 e. The average Bonchev–Trinajstić information content (AvgIpc) is 2.43. The summed E-state index contributed by atoms with van der Waals surface area (Å²) in [6.07, 6.45) is 18.6. The predicted molar refractivity (Wildman–Crippen MR) is 85.4 cm³/mol. The number of aliphatic hydroxyl groups excluding tert-OH is 1. The van der Waals surface area contributed by atoms with Crippen molar-refractivity contribution < 1.29 is 5.11 Å². The lowest BCUT2D eigenvalue weighted by Gasteiger charge is -2.08. The molecule has 0 radical (unpaired) electrons. The van der Waals surface area contributed by atoms with Crippen molar-refractivity contribution in [2.24, 2.45) is 0 Å². The van der Waals surface area contributed by atoms with Crippen molar-refractivity contribution in [2.45, 2.75) is 103 Å². The van der Waals surface area contributed by atoms with Gasteiger partial charge in [0, 0.05) is 0 Å². The minimum atomic E-state index is -0.298. The van der Waals surface area contributed by atoms with Crippen LogP contribution in [0.3, 0.4) is 0 Å². The van der Waals surface area contributed by atoms with E-state index < -0.39 is 0 Å². The first-order valence-electron chi connectivity index (χ1n) is 8.66. The van der Waals surface area contributed by atoms with Crippen LogP contribution in [0.1, 0.15) is 96.8 Å². The zero-order chi connectivity index (χ0) is 14.2. The van der Waals surface area contributed by atoms with Crippen LogP contribution in [0.4, 0.5) is 0 Å². The smallest absolute Gasteiger partial charge is 0.104 e. The molecule has 0 aromatic rings. The molecule has 0 heterocycles. The minimum Gasteiger partial charge on any atom is -0.379 e. The van der Waals surface area contributed by atoms with Gasteiger partial charge in [-0.3, -0.25) is 5.32 Å². The SMILES string of the molecule is CCCCCCCCCCCCCCCC(O)NC. The van der Waals surface area contributed by atoms with Crippen molar-refractivity contribution in [1.82, 2.24) is 5.32 Å². The normalized spacial score (nSPS) is 12.8. The van der Waals surface area contributed by atoms with E-state index in [1.165, 1.54) is 77.0 Å². The van der Waals surface area contributed by atoms with Crippen molar-refractivity contribution in [3.8, 4) is 0 Å². The molecular formula is C17H37NO. The zero-order valence-corrected chi connectivity index (χ0v) is 13.4. The first kappa shape index (κ1) is 18.9. The molecule has 0 aliphatic carbocycles. The standard InChI is InChI=1S/C17H37NO/c1-3-4-5-6-7-8-9-10-11-12-13-14-15-16-17(19)18-2/h17-19H,3-16H2,1-2H3. The van der Waals surface area contributed by atoms with Crippen LogP contribution in [0, 0.1) is 0 Å². The van der Waals surface area contributed by atoms with E-state index in [4.69, 9.17) is 0 Å². The molecule has 0 aliphatic rings. The first-order chi connectivity index (χ1) is 9.31. The molecule has 0 aliphatic heterocycles. The maximum absolute atomic E-state index is 9.32. The van der Waals surface area contributed by atoms with E-state index in [1.54, 1.807) is 0 Å². The van der Waals surface area contributed by atoms with Crippen LogP contribution < -0.4 is 5.32 Å². The Bertz CT molecular complexity index is 161. The fraction of sp³-hybridized carbons (Fsp3) is 1.00. The van der Waals surface area contributed by atoms with Crippen LogP contribution >= 0.6 is 0 Å². The maximum Gasteiger partial charge on any atom is 0.104 e. The number of hydrogen-bond acceptors (Lipinski definition) is 2. The average molecular weight is 271 g/mol. The second-order valence-electron chi connectivity index (χ2n) is 5.84. The molecule has 0 saturated heterocycles. The lowest BCUT2D eigenvalue weighted by atomic mass is 10.0. The van der Waals surface area contributed by atoms with Crippen molar-refractivity contribution in [1.29, 1.82) is 0 Å². The van der Waals surface area contributed by atoms with Crippen molar-refractivity contribution >= 4 is 0 Å². The summed E-state index contributed by atoms with van der Waals surface area (Å²) in [5, 5.41) is 12.2. The summed E-state index contributed by atoms with van der Waals surface area (Å²) >= 11 is 0. The highest BCUT2D eigenvalue weighted by atomic mass is 16.3. The van der Waals surface area contributed by atoms with E-state index >= 15 is 0 Å². The van der Waals surface area contributed by atoms with Gasteiger partial charge in [0.05, 0.1) is 0 Å². The van der Waals surface area contributed by atoms with Gasteiger partial charge in [0.25, 0.3) is 0 Å². The van der Waals surface area contributed by atoms with Crippen molar-refractivity contribution in [3.05, 3.63) is 0 Å². The van der Waals surface area contributed by atoms with E-state index in [2.05, 4.69) is 12.2 Å². The fourth-order valence-electron chi connectivity index (χ4n) is 2.50. The third kappa shape index (κ3) is 15.9. The van der Waals surface area contributed by atoms with E-state index in [-0.39, 0.29) is 6.23 Å². The summed E-state index contributed by atoms with van der Waals surface area (Å²) in [5.74, 6) is 0. The highest BCUT2D eigenvalue weighted by molar-refractivity contribution is 4.52. The van der Waals surface area contributed by atoms with E-state index in [9.17, 15) is 5.11 Å². The Labute approximate surface area is 121 Å². The molecule has 0 aromatic carbocycles. The molecule has 0 spiro atoms. The van der Waals surface area contributed by atoms with E-state index in [0.717, 1.165) is 12.8 Å². The molecule has 116 valence electrons. The Hall–Kier alpha value is -0.0800. The van der Waals surface area contributed by atoms with Crippen LogP contribution in [0.5, 0.6) is 0 Å². The Kier molecular flexibility index (Phi) is 15.9. The van der Waals surface area contributed by atoms with Crippen molar-refractivity contribution in [2.75, 3.05) is 7.05 Å². The summed E-state index contributed by atoms with van der Waals surface area (Å²) in [6, 6.07) is 0. The summed E-state index contributed by atoms with van der Waals surface area (Å²) in [7, 11) is 1.81. The Morgan fingerprint density at radius 3 is 1.42 bits per heavy atom. The highest BCUT2D eigenvalue weighted by Crippen LogP contribution is 2.13. The topological polar surface area (TPSA) is 32.3 Å². The van der Waals surface area contributed by atoms with Crippen LogP contribution in [0.15, 0.2) is 0 Å². The summed E-state index contributed by atoms with van der Waals surface area (Å²) in [6.45, 7) is 2.28. The van der Waals surface area contributed by atoms with Gasteiger partial charge >= 0.3 is 0 Å². The third-order valence-electron chi connectivity index (χ3n) is 3.91. The van der Waals surface area contributed by atoms with Gasteiger partial charge in [0.15, 0.2) is 0 Å². The molecular weight excluding hydrogens is 234 g/mol. The molecule has 0 fully saturated rings. The first-order valence-corrected chi connectivity index (χ1v) is 8.66. The van der Waals surface area contributed by atoms with Crippen LogP contribution in [0.25, 0.3) is 0 Å². The van der Waals surface area contributed by atoms with Gasteiger partial charge in [0.2, 0.25) is 0 Å². The van der Waals surface area contributed by atoms with Gasteiger partial charge in [-0.1, -0.05) is 84.0 Å². The predicted octanol–water partition coefficient (Wildman–Crippen LogP) is 5.01. The Morgan fingerprint density at radius 2 is 1.05 bits per heavy atom. The number of rotatable bonds is 15. The molecule has 2 heteroatoms. The highest BCUT2D eigenvalue weighted by Gasteiger charge is 1.98. The van der Waals surface area contributed by atoms with Gasteiger partial charge in [-0.15, -0.1) is 0 Å². The summed E-state index contributed by atoms with van der Waals surface area (Å²) < 4.78 is 0. The molecule has 0 amide bonds. The lowest BCUT2D eigenvalue weighted by molar-refractivity contribution is 0.133. The van der Waals surface area contributed by atoms with Gasteiger partial charge < -0.3 is 5.11 Å². The second-order valence-corrected chi connectivity index (χ2v) is 5.84. The number of hydrogen-bond donors (Lipinski definition) is 2. The zero-order valence-electron chi connectivity index (χ0n) is 13.4. The van der Waals surface area contributed by atoms with Crippen LogP contribution in [-0.2, 0) is 0 Å².